The maximum Gasteiger partial charge on any atom is 0.267 e. The second-order valence-electron chi connectivity index (χ2n) is 5.31. The molecule has 1 amide bonds. The Morgan fingerprint density at radius 1 is 1.45 bits per heavy atom. The quantitative estimate of drug-likeness (QED) is 0.907. The molecule has 1 aromatic rings. The van der Waals surface area contributed by atoms with E-state index in [1.807, 2.05) is 11.9 Å². The van der Waals surface area contributed by atoms with E-state index in [0.717, 1.165) is 31.1 Å². The molecule has 1 aliphatic carbocycles. The molecule has 2 N–H and O–H groups in total. The molecule has 0 spiro atoms. The molecule has 0 radical (unpaired) electrons. The number of ether oxygens (including phenoxy) is 1. The Labute approximate surface area is 122 Å². The van der Waals surface area contributed by atoms with Gasteiger partial charge in [0.15, 0.2) is 5.13 Å². The number of carbonyl (C=O) groups is 1. The van der Waals surface area contributed by atoms with Crippen molar-refractivity contribution >= 4 is 28.2 Å². The van der Waals surface area contributed by atoms with Gasteiger partial charge < -0.3 is 20.3 Å². The van der Waals surface area contributed by atoms with Gasteiger partial charge in [-0.2, -0.15) is 0 Å². The summed E-state index contributed by atoms with van der Waals surface area (Å²) in [5, 5.41) is 0.830. The van der Waals surface area contributed by atoms with Crippen LogP contribution in [0.15, 0.2) is 0 Å². The van der Waals surface area contributed by atoms with Crippen LogP contribution in [0.1, 0.15) is 28.9 Å². The van der Waals surface area contributed by atoms with Crippen molar-refractivity contribution in [3.63, 3.8) is 0 Å². The number of nitrogen functional groups attached to an aromatic ring is 1. The highest BCUT2D eigenvalue weighted by Gasteiger charge is 2.29. The molecule has 20 heavy (non-hydrogen) atoms. The normalized spacial score (nSPS) is 19.8. The number of hydrogen-bond acceptors (Lipinski definition) is 6. The lowest BCUT2D eigenvalue weighted by molar-refractivity contribution is 0.0658. The molecule has 1 aromatic heterocycles. The molecular weight excluding hydrogens is 276 g/mol. The van der Waals surface area contributed by atoms with Crippen molar-refractivity contribution in [2.75, 3.05) is 44.0 Å². The molecule has 0 bridgehead atoms. The molecule has 6 nitrogen and oxygen atoms in total. The standard InChI is InChI=1S/C13H20N4O2S/c1-16(9-3-2-4-9)12(18)10-11(14)15-13(20-10)17-5-7-19-8-6-17/h9H,2-8,14H2,1H3. The van der Waals surface area contributed by atoms with E-state index in [9.17, 15) is 4.79 Å². The molecule has 1 aliphatic heterocycles. The van der Waals surface area contributed by atoms with Gasteiger partial charge in [0.25, 0.3) is 5.91 Å². The minimum Gasteiger partial charge on any atom is -0.382 e. The number of rotatable bonds is 3. The van der Waals surface area contributed by atoms with Gasteiger partial charge in [-0.25, -0.2) is 4.98 Å². The predicted octanol–water partition coefficient (Wildman–Crippen LogP) is 1.19. The zero-order valence-corrected chi connectivity index (χ0v) is 12.5. The second-order valence-corrected chi connectivity index (χ2v) is 6.29. The Hall–Kier alpha value is -1.34. The molecule has 0 aromatic carbocycles. The Kier molecular flexibility index (Phi) is 3.80. The average Bonchev–Trinajstić information content (AvgIpc) is 2.79. The summed E-state index contributed by atoms with van der Waals surface area (Å²) in [6.07, 6.45) is 3.40. The average molecular weight is 296 g/mol. The minimum atomic E-state index is 0.00390. The Balaban J connectivity index is 1.75. The molecule has 7 heteroatoms. The van der Waals surface area contributed by atoms with Crippen LogP contribution >= 0.6 is 11.3 Å². The molecule has 2 fully saturated rings. The summed E-state index contributed by atoms with van der Waals surface area (Å²) < 4.78 is 5.33. The van der Waals surface area contributed by atoms with Crippen molar-refractivity contribution in [1.82, 2.24) is 9.88 Å². The lowest BCUT2D eigenvalue weighted by Crippen LogP contribution is -2.41. The van der Waals surface area contributed by atoms with Gasteiger partial charge in [-0.1, -0.05) is 11.3 Å². The second kappa shape index (κ2) is 5.57. The van der Waals surface area contributed by atoms with Crippen molar-refractivity contribution < 1.29 is 9.53 Å². The number of nitrogens with zero attached hydrogens (tertiary/aromatic N) is 3. The van der Waals surface area contributed by atoms with Crippen LogP contribution in [-0.4, -0.2) is 55.2 Å². The first-order valence-electron chi connectivity index (χ1n) is 7.03. The van der Waals surface area contributed by atoms with E-state index < -0.39 is 0 Å². The lowest BCUT2D eigenvalue weighted by atomic mass is 9.92. The van der Waals surface area contributed by atoms with Crippen molar-refractivity contribution in [1.29, 1.82) is 0 Å². The fourth-order valence-electron chi connectivity index (χ4n) is 2.46. The van der Waals surface area contributed by atoms with Gasteiger partial charge >= 0.3 is 0 Å². The van der Waals surface area contributed by atoms with Gasteiger partial charge in [-0.3, -0.25) is 4.79 Å². The first-order chi connectivity index (χ1) is 9.66. The molecule has 0 unspecified atom stereocenters. The van der Waals surface area contributed by atoms with E-state index in [1.165, 1.54) is 17.8 Å². The SMILES string of the molecule is CN(C(=O)c1sc(N2CCOCC2)nc1N)C1CCC1. The van der Waals surface area contributed by atoms with Crippen LogP contribution in [-0.2, 0) is 4.74 Å². The largest absolute Gasteiger partial charge is 0.382 e. The molecular formula is C13H20N4O2S. The summed E-state index contributed by atoms with van der Waals surface area (Å²) in [6, 6.07) is 0.371. The third kappa shape index (κ3) is 2.47. The van der Waals surface area contributed by atoms with Crippen LogP contribution in [0.3, 0.4) is 0 Å². The molecule has 1 saturated heterocycles. The monoisotopic (exact) mass is 296 g/mol. The van der Waals surface area contributed by atoms with Crippen LogP contribution in [0.2, 0.25) is 0 Å². The van der Waals surface area contributed by atoms with E-state index in [0.29, 0.717) is 30.0 Å². The zero-order valence-electron chi connectivity index (χ0n) is 11.7. The van der Waals surface area contributed by atoms with Crippen molar-refractivity contribution in [2.45, 2.75) is 25.3 Å². The summed E-state index contributed by atoms with van der Waals surface area (Å²) in [5.74, 6) is 0.358. The summed E-state index contributed by atoms with van der Waals surface area (Å²) in [7, 11) is 1.86. The van der Waals surface area contributed by atoms with Crippen LogP contribution in [0, 0.1) is 0 Å². The van der Waals surface area contributed by atoms with E-state index in [4.69, 9.17) is 10.5 Å². The van der Waals surface area contributed by atoms with Gasteiger partial charge in [-0.05, 0) is 19.3 Å². The van der Waals surface area contributed by atoms with Gasteiger partial charge in [0.2, 0.25) is 0 Å². The number of anilines is 2. The van der Waals surface area contributed by atoms with E-state index in [2.05, 4.69) is 9.88 Å². The third-order valence-electron chi connectivity index (χ3n) is 4.06. The number of hydrogen-bond donors (Lipinski definition) is 1. The Morgan fingerprint density at radius 3 is 2.75 bits per heavy atom. The van der Waals surface area contributed by atoms with Gasteiger partial charge in [-0.15, -0.1) is 0 Å². The molecule has 1 saturated carbocycles. The lowest BCUT2D eigenvalue weighted by Gasteiger charge is -2.34. The number of morpholine rings is 1. The van der Waals surface area contributed by atoms with Gasteiger partial charge in [0.1, 0.15) is 10.7 Å². The van der Waals surface area contributed by atoms with Crippen LogP contribution in [0.5, 0.6) is 0 Å². The van der Waals surface area contributed by atoms with Crippen LogP contribution in [0.25, 0.3) is 0 Å². The molecule has 110 valence electrons. The smallest absolute Gasteiger partial charge is 0.267 e. The predicted molar refractivity (Wildman–Crippen MR) is 79.3 cm³/mol. The number of amides is 1. The minimum absolute atomic E-state index is 0.00390. The highest BCUT2D eigenvalue weighted by Crippen LogP contribution is 2.32. The Morgan fingerprint density at radius 2 is 2.15 bits per heavy atom. The topological polar surface area (TPSA) is 71.7 Å². The third-order valence-corrected chi connectivity index (χ3v) is 5.18. The first-order valence-corrected chi connectivity index (χ1v) is 7.84. The summed E-state index contributed by atoms with van der Waals surface area (Å²) in [5.41, 5.74) is 5.94. The van der Waals surface area contributed by atoms with Gasteiger partial charge in [0, 0.05) is 26.2 Å². The summed E-state index contributed by atoms with van der Waals surface area (Å²) >= 11 is 1.40. The highest BCUT2D eigenvalue weighted by molar-refractivity contribution is 7.18. The maximum absolute atomic E-state index is 12.5. The number of carbonyl (C=O) groups excluding carboxylic acids is 1. The van der Waals surface area contributed by atoms with E-state index in [1.54, 1.807) is 0 Å². The van der Waals surface area contributed by atoms with E-state index >= 15 is 0 Å². The van der Waals surface area contributed by atoms with Crippen molar-refractivity contribution in [2.24, 2.45) is 0 Å². The number of nitrogens with two attached hydrogens (primary N) is 1. The van der Waals surface area contributed by atoms with Crippen LogP contribution < -0.4 is 10.6 Å². The summed E-state index contributed by atoms with van der Waals surface area (Å²) in [4.78, 5) is 21.3. The fraction of sp³-hybridized carbons (Fsp3) is 0.692. The van der Waals surface area contributed by atoms with E-state index in [-0.39, 0.29) is 5.91 Å². The molecule has 2 aliphatic rings. The number of thiazole rings is 1. The maximum atomic E-state index is 12.5. The van der Waals surface area contributed by atoms with Crippen molar-refractivity contribution in [3.05, 3.63) is 4.88 Å². The molecule has 3 rings (SSSR count). The fourth-order valence-corrected chi connectivity index (χ4v) is 3.48. The first kappa shape index (κ1) is 13.6. The zero-order chi connectivity index (χ0) is 14.1. The Bertz CT molecular complexity index is 495. The summed E-state index contributed by atoms with van der Waals surface area (Å²) in [6.45, 7) is 3.01. The van der Waals surface area contributed by atoms with Gasteiger partial charge in [0.05, 0.1) is 13.2 Å². The van der Waals surface area contributed by atoms with Crippen LogP contribution in [0.4, 0.5) is 10.9 Å². The number of aromatic nitrogens is 1. The molecule has 2 heterocycles. The highest BCUT2D eigenvalue weighted by atomic mass is 32.1. The molecule has 0 atom stereocenters. The van der Waals surface area contributed by atoms with Crippen molar-refractivity contribution in [3.8, 4) is 0 Å².